The highest BCUT2D eigenvalue weighted by Crippen LogP contribution is 2.58. The van der Waals surface area contributed by atoms with Crippen molar-refractivity contribution in [1.29, 1.82) is 0 Å². The Morgan fingerprint density at radius 3 is 2.52 bits per heavy atom. The fraction of sp³-hybridized carbons (Fsp3) is 0.538. The van der Waals surface area contributed by atoms with Crippen LogP contribution in [0, 0.1) is 25.7 Å². The Morgan fingerprint density at radius 1 is 1.19 bits per heavy atom. The van der Waals surface area contributed by atoms with Gasteiger partial charge in [-0.05, 0) is 87.2 Å². The molecule has 1 aromatic heterocycles. The molecule has 0 amide bonds. The zero-order chi connectivity index (χ0) is 22.3. The van der Waals surface area contributed by atoms with Gasteiger partial charge in [0.05, 0.1) is 5.56 Å². The number of aryl methyl sites for hydroxylation is 3. The van der Waals surface area contributed by atoms with Crippen LogP contribution in [-0.2, 0) is 19.5 Å². The topological polar surface area (TPSA) is 62.5 Å². The number of benzene rings is 1. The van der Waals surface area contributed by atoms with E-state index in [1.165, 1.54) is 24.8 Å². The number of pyridine rings is 1. The molecule has 1 spiro atoms. The molecule has 2 heterocycles. The molecule has 5 nitrogen and oxygen atoms in total. The van der Waals surface area contributed by atoms with Crippen LogP contribution in [0.1, 0.15) is 65.9 Å². The molecule has 0 radical (unpaired) electrons. The second-order valence-corrected chi connectivity index (χ2v) is 9.85. The van der Waals surface area contributed by atoms with E-state index in [-0.39, 0.29) is 11.1 Å². The smallest absolute Gasteiger partial charge is 0.335 e. The fourth-order valence-corrected chi connectivity index (χ4v) is 5.72. The van der Waals surface area contributed by atoms with Crippen molar-refractivity contribution in [1.82, 2.24) is 9.47 Å². The Kier molecular flexibility index (Phi) is 5.82. The Balaban J connectivity index is 1.58. The predicted molar refractivity (Wildman–Crippen MR) is 123 cm³/mol. The van der Waals surface area contributed by atoms with Crippen LogP contribution >= 0.6 is 0 Å². The molecule has 1 aromatic carbocycles. The zero-order valence-electron chi connectivity index (χ0n) is 19.1. The van der Waals surface area contributed by atoms with Gasteiger partial charge >= 0.3 is 5.97 Å². The van der Waals surface area contributed by atoms with Gasteiger partial charge < -0.3 is 9.67 Å². The lowest BCUT2D eigenvalue weighted by atomic mass is 10.0. The summed E-state index contributed by atoms with van der Waals surface area (Å²) in [6, 6.07) is 9.00. The van der Waals surface area contributed by atoms with Gasteiger partial charge in [0.15, 0.2) is 0 Å². The summed E-state index contributed by atoms with van der Waals surface area (Å²) in [6.07, 6.45) is 4.51. The average Bonchev–Trinajstić information content (AvgIpc) is 3.33. The molecule has 31 heavy (non-hydrogen) atoms. The van der Waals surface area contributed by atoms with Crippen LogP contribution in [0.4, 0.5) is 0 Å². The molecule has 166 valence electrons. The Labute approximate surface area is 184 Å². The molecule has 2 aliphatic rings. The molecular formula is C26H34N2O3. The number of aromatic nitrogens is 1. The number of rotatable bonds is 7. The highest BCUT2D eigenvalue weighted by atomic mass is 16.4. The lowest BCUT2D eigenvalue weighted by Crippen LogP contribution is -2.37. The molecule has 0 bridgehead atoms. The maximum Gasteiger partial charge on any atom is 0.335 e. The van der Waals surface area contributed by atoms with Gasteiger partial charge in [-0.15, -0.1) is 0 Å². The number of hydrogen-bond acceptors (Lipinski definition) is 3. The lowest BCUT2D eigenvalue weighted by molar-refractivity contribution is 0.0697. The summed E-state index contributed by atoms with van der Waals surface area (Å²) >= 11 is 0. The van der Waals surface area contributed by atoms with Crippen LogP contribution in [0.3, 0.4) is 0 Å². The summed E-state index contributed by atoms with van der Waals surface area (Å²) in [5.41, 5.74) is 4.87. The molecule has 1 saturated carbocycles. The van der Waals surface area contributed by atoms with Crippen LogP contribution < -0.4 is 5.56 Å². The summed E-state index contributed by atoms with van der Waals surface area (Å²) in [7, 11) is 0. The third-order valence-electron chi connectivity index (χ3n) is 7.54. The van der Waals surface area contributed by atoms with Crippen LogP contribution in [-0.4, -0.2) is 32.6 Å². The van der Waals surface area contributed by atoms with E-state index >= 15 is 0 Å². The van der Waals surface area contributed by atoms with Crippen molar-refractivity contribution in [2.24, 2.45) is 11.8 Å². The molecule has 1 N–H and O–H groups in total. The minimum atomic E-state index is -0.918. The maximum absolute atomic E-state index is 13.1. The normalized spacial score (nSPS) is 23.1. The van der Waals surface area contributed by atoms with E-state index in [0.29, 0.717) is 24.4 Å². The first-order valence-corrected chi connectivity index (χ1v) is 11.5. The van der Waals surface area contributed by atoms with E-state index in [0.717, 1.165) is 35.8 Å². The number of carbonyl (C=O) groups is 1. The Morgan fingerprint density at radius 2 is 1.90 bits per heavy atom. The molecule has 2 fully saturated rings. The van der Waals surface area contributed by atoms with Crippen molar-refractivity contribution in [2.75, 3.05) is 6.54 Å². The van der Waals surface area contributed by atoms with E-state index in [1.807, 2.05) is 29.7 Å². The number of nitrogens with zero attached hydrogens (tertiary/aromatic N) is 2. The zero-order valence-corrected chi connectivity index (χ0v) is 19.1. The lowest BCUT2D eigenvalue weighted by Gasteiger charge is -2.29. The second-order valence-electron chi connectivity index (χ2n) is 9.85. The van der Waals surface area contributed by atoms with Gasteiger partial charge in [0.2, 0.25) is 0 Å². The summed E-state index contributed by atoms with van der Waals surface area (Å²) in [5.74, 6) is 0.558. The molecule has 1 aliphatic carbocycles. The van der Waals surface area contributed by atoms with Gasteiger partial charge in [0, 0.05) is 29.9 Å². The summed E-state index contributed by atoms with van der Waals surface area (Å²) < 4.78 is 1.97. The number of hydrogen-bond donors (Lipinski definition) is 1. The fourth-order valence-electron chi connectivity index (χ4n) is 5.72. The molecular weight excluding hydrogens is 388 g/mol. The molecule has 1 unspecified atom stereocenters. The summed E-state index contributed by atoms with van der Waals surface area (Å²) in [4.78, 5) is 26.8. The van der Waals surface area contributed by atoms with Gasteiger partial charge in [0.25, 0.3) is 5.56 Å². The predicted octanol–water partition coefficient (Wildman–Crippen LogP) is 4.42. The highest BCUT2D eigenvalue weighted by molar-refractivity contribution is 5.87. The third-order valence-corrected chi connectivity index (χ3v) is 7.54. The maximum atomic E-state index is 13.1. The van der Waals surface area contributed by atoms with Crippen LogP contribution in [0.2, 0.25) is 0 Å². The SMILES string of the molecule is Cc1cc(C)c(=O)n(CCc2ccc(C(=O)O)cc2)c1CN1CCCC12C[C@H]2C(C)C. The number of carboxylic acid groups (broad SMARTS) is 1. The molecule has 5 heteroatoms. The van der Waals surface area contributed by atoms with Crippen molar-refractivity contribution < 1.29 is 9.90 Å². The molecule has 2 aromatic rings. The van der Waals surface area contributed by atoms with E-state index in [9.17, 15) is 9.59 Å². The number of likely N-dealkylation sites (tertiary alicyclic amines) is 1. The second kappa shape index (κ2) is 8.27. The van der Waals surface area contributed by atoms with Gasteiger partial charge in [0.1, 0.15) is 0 Å². The summed E-state index contributed by atoms with van der Waals surface area (Å²) in [5, 5.41) is 9.10. The van der Waals surface area contributed by atoms with Crippen LogP contribution in [0.25, 0.3) is 0 Å². The Bertz CT molecular complexity index is 1040. The first-order chi connectivity index (χ1) is 14.7. The van der Waals surface area contributed by atoms with Crippen LogP contribution in [0.5, 0.6) is 0 Å². The first-order valence-electron chi connectivity index (χ1n) is 11.5. The van der Waals surface area contributed by atoms with Gasteiger partial charge in [-0.1, -0.05) is 26.0 Å². The monoisotopic (exact) mass is 422 g/mol. The third kappa shape index (κ3) is 4.08. The molecule has 1 aliphatic heterocycles. The van der Waals surface area contributed by atoms with Crippen molar-refractivity contribution in [2.45, 2.75) is 72.0 Å². The van der Waals surface area contributed by atoms with Crippen molar-refractivity contribution in [3.63, 3.8) is 0 Å². The van der Waals surface area contributed by atoms with Crippen LogP contribution in [0.15, 0.2) is 35.1 Å². The number of carboxylic acids is 1. The molecule has 1 saturated heterocycles. The Hall–Kier alpha value is -2.40. The standard InChI is InChI=1S/C26H34N2O3/c1-17(2)22-15-26(22)11-5-12-27(26)16-23-18(3)14-19(4)24(29)28(23)13-10-20-6-8-21(9-7-20)25(30)31/h6-9,14,17,22H,5,10-13,15-16H2,1-4H3,(H,30,31)/t22-,26?/m0/s1. The quantitative estimate of drug-likeness (QED) is 0.718. The molecule has 2 atom stereocenters. The largest absolute Gasteiger partial charge is 0.478 e. The minimum absolute atomic E-state index is 0.0900. The number of aromatic carboxylic acids is 1. The van der Waals surface area contributed by atoms with E-state index in [4.69, 9.17) is 5.11 Å². The van der Waals surface area contributed by atoms with Gasteiger partial charge in [-0.2, -0.15) is 0 Å². The van der Waals surface area contributed by atoms with E-state index in [2.05, 4.69) is 25.7 Å². The summed E-state index contributed by atoms with van der Waals surface area (Å²) in [6.45, 7) is 11.2. The average molecular weight is 423 g/mol. The van der Waals surface area contributed by atoms with E-state index in [1.54, 1.807) is 12.1 Å². The van der Waals surface area contributed by atoms with Crippen molar-refractivity contribution >= 4 is 5.97 Å². The first kappa shape index (κ1) is 21.8. The van der Waals surface area contributed by atoms with Crippen molar-refractivity contribution in [3.05, 3.63) is 68.6 Å². The van der Waals surface area contributed by atoms with Crippen molar-refractivity contribution in [3.8, 4) is 0 Å². The highest BCUT2D eigenvalue weighted by Gasteiger charge is 2.60. The van der Waals surface area contributed by atoms with Gasteiger partial charge in [-0.3, -0.25) is 9.69 Å². The van der Waals surface area contributed by atoms with Gasteiger partial charge in [-0.25, -0.2) is 4.79 Å². The minimum Gasteiger partial charge on any atom is -0.478 e. The van der Waals surface area contributed by atoms with E-state index < -0.39 is 5.97 Å². The molecule has 4 rings (SSSR count).